The van der Waals surface area contributed by atoms with Crippen molar-refractivity contribution < 1.29 is 9.32 Å². The first-order valence-electron chi connectivity index (χ1n) is 11.5. The van der Waals surface area contributed by atoms with Gasteiger partial charge in [0.25, 0.3) is 0 Å². The lowest BCUT2D eigenvalue weighted by atomic mass is 9.97. The molecule has 1 fully saturated rings. The fraction of sp³-hybridized carbons (Fsp3) is 0.400. The molecule has 1 aliphatic heterocycles. The van der Waals surface area contributed by atoms with E-state index in [1.165, 1.54) is 5.56 Å². The van der Waals surface area contributed by atoms with Gasteiger partial charge in [0.1, 0.15) is 0 Å². The summed E-state index contributed by atoms with van der Waals surface area (Å²) in [6.45, 7) is 2.86. The topological polar surface area (TPSA) is 71.3 Å². The zero-order chi connectivity index (χ0) is 23.8. The van der Waals surface area contributed by atoms with Gasteiger partial charge in [-0.2, -0.15) is 16.7 Å². The molecule has 1 atom stereocenters. The number of halogens is 2. The molecule has 1 saturated heterocycles. The van der Waals surface area contributed by atoms with Gasteiger partial charge in [0.15, 0.2) is 0 Å². The molecule has 4 rings (SSSR count). The molecule has 3 aromatic rings. The number of hydrogen-bond donors (Lipinski definition) is 1. The van der Waals surface area contributed by atoms with Crippen LogP contribution in [-0.4, -0.2) is 46.3 Å². The summed E-state index contributed by atoms with van der Waals surface area (Å²) in [7, 11) is 0. The third-order valence-electron chi connectivity index (χ3n) is 5.73. The highest BCUT2D eigenvalue weighted by Gasteiger charge is 2.26. The van der Waals surface area contributed by atoms with Crippen LogP contribution >= 0.6 is 35.0 Å². The first-order valence-corrected chi connectivity index (χ1v) is 13.4. The molecule has 1 aromatic heterocycles. The minimum Gasteiger partial charge on any atom is -0.356 e. The largest absolute Gasteiger partial charge is 0.356 e. The van der Waals surface area contributed by atoms with E-state index in [2.05, 4.69) is 32.5 Å². The lowest BCUT2D eigenvalue weighted by Crippen LogP contribution is -2.43. The smallest absolute Gasteiger partial charge is 0.241 e. The number of thioether (sulfide) groups is 1. The zero-order valence-corrected chi connectivity index (χ0v) is 21.2. The average Bonchev–Trinajstić information content (AvgIpc) is 3.31. The van der Waals surface area contributed by atoms with Gasteiger partial charge in [-0.05, 0) is 61.4 Å². The molecular formula is C25H28Cl2N4O2S. The monoisotopic (exact) mass is 518 g/mol. The minimum absolute atomic E-state index is 0.00853. The van der Waals surface area contributed by atoms with Gasteiger partial charge in [0.05, 0.1) is 12.5 Å². The second kappa shape index (κ2) is 12.6. The van der Waals surface area contributed by atoms with E-state index in [1.807, 2.05) is 48.2 Å². The Morgan fingerprint density at radius 1 is 1.18 bits per heavy atom. The third kappa shape index (κ3) is 7.47. The molecule has 1 amide bonds. The van der Waals surface area contributed by atoms with Gasteiger partial charge in [0, 0.05) is 34.5 Å². The molecule has 0 saturated carbocycles. The van der Waals surface area contributed by atoms with Gasteiger partial charge in [-0.1, -0.05) is 52.6 Å². The summed E-state index contributed by atoms with van der Waals surface area (Å²) in [4.78, 5) is 19.4. The van der Waals surface area contributed by atoms with Crippen molar-refractivity contribution in [2.24, 2.45) is 5.92 Å². The second-order valence-corrected chi connectivity index (χ2v) is 10.4. The van der Waals surface area contributed by atoms with Crippen LogP contribution in [0.5, 0.6) is 0 Å². The highest BCUT2D eigenvalue weighted by molar-refractivity contribution is 7.98. The summed E-state index contributed by atoms with van der Waals surface area (Å²) in [5.41, 5.74) is 2.09. The van der Waals surface area contributed by atoms with Gasteiger partial charge in [-0.25, -0.2) is 0 Å². The fourth-order valence-electron chi connectivity index (χ4n) is 3.97. The average molecular weight is 519 g/mol. The molecule has 1 N–H and O–H groups in total. The van der Waals surface area contributed by atoms with Gasteiger partial charge >= 0.3 is 0 Å². The third-order valence-corrected chi connectivity index (χ3v) is 7.33. The van der Waals surface area contributed by atoms with E-state index in [-0.39, 0.29) is 11.8 Å². The predicted molar refractivity (Wildman–Crippen MR) is 138 cm³/mol. The molecule has 180 valence electrons. The normalized spacial score (nSPS) is 16.5. The Balaban J connectivity index is 1.16. The van der Waals surface area contributed by atoms with Gasteiger partial charge in [0.2, 0.25) is 17.6 Å². The van der Waals surface area contributed by atoms with E-state index < -0.39 is 0 Å². The summed E-state index contributed by atoms with van der Waals surface area (Å²) in [5, 5.41) is 8.58. The molecule has 0 spiro atoms. The number of amides is 1. The predicted octanol–water partition coefficient (Wildman–Crippen LogP) is 5.70. The Labute approximate surface area is 214 Å². The fourth-order valence-corrected chi connectivity index (χ4v) is 5.21. The van der Waals surface area contributed by atoms with Crippen LogP contribution in [-0.2, 0) is 17.1 Å². The Bertz CT molecular complexity index is 1080. The number of rotatable bonds is 10. The van der Waals surface area contributed by atoms with Crippen molar-refractivity contribution in [2.45, 2.75) is 31.6 Å². The van der Waals surface area contributed by atoms with Crippen molar-refractivity contribution in [3.63, 3.8) is 0 Å². The van der Waals surface area contributed by atoms with Crippen LogP contribution in [0.4, 0.5) is 0 Å². The SMILES string of the molecule is O=C(NCCCSCc1ccc(Cl)cc1)C1CCCN(Cc2nc(-c3cccc(Cl)c3)no2)C1. The van der Waals surface area contributed by atoms with Crippen LogP contribution in [0.25, 0.3) is 11.4 Å². The number of piperidine rings is 1. The number of carbonyl (C=O) groups is 1. The lowest BCUT2D eigenvalue weighted by Gasteiger charge is -2.30. The van der Waals surface area contributed by atoms with Crippen molar-refractivity contribution in [2.75, 3.05) is 25.4 Å². The highest BCUT2D eigenvalue weighted by Crippen LogP contribution is 2.22. The van der Waals surface area contributed by atoms with Gasteiger partial charge in [-0.15, -0.1) is 0 Å². The van der Waals surface area contributed by atoms with E-state index in [9.17, 15) is 4.79 Å². The second-order valence-electron chi connectivity index (χ2n) is 8.42. The first kappa shape index (κ1) is 25.0. The van der Waals surface area contributed by atoms with Crippen LogP contribution in [0.15, 0.2) is 53.1 Å². The zero-order valence-electron chi connectivity index (χ0n) is 18.9. The maximum absolute atomic E-state index is 12.7. The molecule has 1 aliphatic rings. The maximum Gasteiger partial charge on any atom is 0.241 e. The molecule has 2 aromatic carbocycles. The Hall–Kier alpha value is -2.06. The number of aromatic nitrogens is 2. The molecule has 9 heteroatoms. The van der Waals surface area contributed by atoms with Crippen LogP contribution < -0.4 is 5.32 Å². The van der Waals surface area contributed by atoms with Crippen molar-refractivity contribution in [1.29, 1.82) is 0 Å². The standard InChI is InChI=1S/C25H28Cl2N4O2S/c26-21-9-7-18(8-10-21)17-34-13-3-11-28-25(32)20-5-2-12-31(15-20)16-23-29-24(30-33-23)19-4-1-6-22(27)14-19/h1,4,6-10,14,20H,2-3,5,11-13,15-17H2,(H,28,32). The first-order chi connectivity index (χ1) is 16.6. The van der Waals surface area contributed by atoms with E-state index in [1.54, 1.807) is 0 Å². The van der Waals surface area contributed by atoms with E-state index in [4.69, 9.17) is 27.7 Å². The molecule has 0 radical (unpaired) electrons. The van der Waals surface area contributed by atoms with Crippen molar-refractivity contribution in [1.82, 2.24) is 20.4 Å². The van der Waals surface area contributed by atoms with Gasteiger partial charge < -0.3 is 9.84 Å². The lowest BCUT2D eigenvalue weighted by molar-refractivity contribution is -0.126. The molecular weight excluding hydrogens is 491 g/mol. The van der Waals surface area contributed by atoms with Crippen molar-refractivity contribution in [3.05, 3.63) is 70.0 Å². The Morgan fingerprint density at radius 2 is 2.03 bits per heavy atom. The number of hydrogen-bond acceptors (Lipinski definition) is 6. The summed E-state index contributed by atoms with van der Waals surface area (Å²) >= 11 is 13.8. The number of carbonyl (C=O) groups excluding carboxylic acids is 1. The van der Waals surface area contributed by atoms with Crippen molar-refractivity contribution >= 4 is 40.9 Å². The number of nitrogens with one attached hydrogen (secondary N) is 1. The van der Waals surface area contributed by atoms with Crippen LogP contribution in [0, 0.1) is 5.92 Å². The molecule has 2 heterocycles. The van der Waals surface area contributed by atoms with Crippen LogP contribution in [0.2, 0.25) is 10.0 Å². The summed E-state index contributed by atoms with van der Waals surface area (Å²) in [6.07, 6.45) is 2.84. The quantitative estimate of drug-likeness (QED) is 0.347. The maximum atomic E-state index is 12.7. The Kier molecular flexibility index (Phi) is 9.27. The highest BCUT2D eigenvalue weighted by atomic mass is 35.5. The van der Waals surface area contributed by atoms with Crippen LogP contribution in [0.1, 0.15) is 30.7 Å². The number of nitrogens with zero attached hydrogens (tertiary/aromatic N) is 3. The number of benzene rings is 2. The van der Waals surface area contributed by atoms with E-state index in [0.29, 0.717) is 36.4 Å². The van der Waals surface area contributed by atoms with Gasteiger partial charge in [-0.3, -0.25) is 9.69 Å². The van der Waals surface area contributed by atoms with Crippen LogP contribution in [0.3, 0.4) is 0 Å². The molecule has 0 aliphatic carbocycles. The molecule has 6 nitrogen and oxygen atoms in total. The Morgan fingerprint density at radius 3 is 2.85 bits per heavy atom. The summed E-state index contributed by atoms with van der Waals surface area (Å²) in [5.74, 6) is 3.17. The van der Waals surface area contributed by atoms with E-state index >= 15 is 0 Å². The summed E-state index contributed by atoms with van der Waals surface area (Å²) in [6, 6.07) is 15.3. The molecule has 1 unspecified atom stereocenters. The number of likely N-dealkylation sites (tertiary alicyclic amines) is 1. The molecule has 0 bridgehead atoms. The van der Waals surface area contributed by atoms with Crippen molar-refractivity contribution in [3.8, 4) is 11.4 Å². The minimum atomic E-state index is -0.00853. The van der Waals surface area contributed by atoms with E-state index in [0.717, 1.165) is 47.9 Å². The molecule has 34 heavy (non-hydrogen) atoms. The summed E-state index contributed by atoms with van der Waals surface area (Å²) < 4.78 is 5.44.